The Hall–Kier alpha value is -3.24. The fourth-order valence-electron chi connectivity index (χ4n) is 3.19. The Labute approximate surface area is 183 Å². The summed E-state index contributed by atoms with van der Waals surface area (Å²) in [6.07, 6.45) is 5.19. The van der Waals surface area contributed by atoms with E-state index < -0.39 is 8.07 Å². The molecule has 2 heterocycles. The summed E-state index contributed by atoms with van der Waals surface area (Å²) in [5.74, 6) is 1.70. The second kappa shape index (κ2) is 10.2. The van der Waals surface area contributed by atoms with E-state index in [9.17, 15) is 4.79 Å². The molecule has 0 amide bonds. The van der Waals surface area contributed by atoms with Crippen molar-refractivity contribution < 1.29 is 14.1 Å². The Morgan fingerprint density at radius 2 is 1.81 bits per heavy atom. The molecule has 6 nitrogen and oxygen atoms in total. The Morgan fingerprint density at radius 1 is 1.00 bits per heavy atom. The molecule has 0 radical (unpaired) electrons. The molecule has 0 N–H and O–H groups in total. The van der Waals surface area contributed by atoms with Gasteiger partial charge in [0.05, 0.1) is 26.1 Å². The third-order valence-electron chi connectivity index (χ3n) is 4.90. The summed E-state index contributed by atoms with van der Waals surface area (Å²) < 4.78 is 7.41. The predicted molar refractivity (Wildman–Crippen MR) is 123 cm³/mol. The first-order valence-corrected chi connectivity index (χ1v) is 12.0. The van der Waals surface area contributed by atoms with E-state index in [1.807, 2.05) is 67.5 Å². The minimum absolute atomic E-state index is 0.168. The van der Waals surface area contributed by atoms with Crippen LogP contribution in [-0.2, 0) is 22.7 Å². The van der Waals surface area contributed by atoms with Crippen LogP contribution in [-0.4, -0.2) is 18.6 Å². The van der Waals surface area contributed by atoms with Gasteiger partial charge < -0.3 is 4.74 Å². The second-order valence-corrected chi connectivity index (χ2v) is 8.84. The summed E-state index contributed by atoms with van der Waals surface area (Å²) in [4.78, 5) is 20.7. The van der Waals surface area contributed by atoms with E-state index >= 15 is 0 Å². The van der Waals surface area contributed by atoms with E-state index in [0.29, 0.717) is 13.0 Å². The highest BCUT2D eigenvalue weighted by Gasteiger charge is 2.10. The van der Waals surface area contributed by atoms with Gasteiger partial charge in [-0.2, -0.15) is 4.88 Å². The summed E-state index contributed by atoms with van der Waals surface area (Å²) in [5.41, 5.74) is 4.83. The maximum absolute atomic E-state index is 12.0. The van der Waals surface area contributed by atoms with Crippen LogP contribution in [0.15, 0.2) is 88.0 Å². The SMILES string of the molecule is CP1C=Nc2ccc(-c3cc[n+](CCCC(=O)OCc4ccccc4)cc3)cc2N=N1. The van der Waals surface area contributed by atoms with Crippen molar-refractivity contribution in [3.63, 3.8) is 0 Å². The Balaban J connectivity index is 1.29. The number of nitrogens with zero attached hydrogens (tertiary/aromatic N) is 4. The summed E-state index contributed by atoms with van der Waals surface area (Å²) in [5, 5.41) is 4.34. The van der Waals surface area contributed by atoms with Gasteiger partial charge in [-0.25, -0.2) is 4.57 Å². The van der Waals surface area contributed by atoms with Crippen LogP contribution in [0.4, 0.5) is 11.4 Å². The van der Waals surface area contributed by atoms with Crippen LogP contribution in [0.3, 0.4) is 0 Å². The number of rotatable bonds is 7. The van der Waals surface area contributed by atoms with Gasteiger partial charge in [0, 0.05) is 18.6 Å². The number of hydrogen-bond donors (Lipinski definition) is 0. The van der Waals surface area contributed by atoms with Crippen LogP contribution in [0.5, 0.6) is 0 Å². The fraction of sp³-hybridized carbons (Fsp3) is 0.208. The van der Waals surface area contributed by atoms with E-state index in [1.54, 1.807) is 0 Å². The van der Waals surface area contributed by atoms with Crippen LogP contribution in [0.1, 0.15) is 18.4 Å². The number of carbonyl (C=O) groups excluding carboxylic acids is 1. The van der Waals surface area contributed by atoms with Crippen molar-refractivity contribution in [2.75, 3.05) is 6.66 Å². The first-order valence-electron chi connectivity index (χ1n) is 10.2. The number of carbonyl (C=O) groups is 1. The van der Waals surface area contributed by atoms with Crippen molar-refractivity contribution >= 4 is 31.4 Å². The van der Waals surface area contributed by atoms with Crippen molar-refractivity contribution in [2.45, 2.75) is 26.0 Å². The van der Waals surface area contributed by atoms with E-state index in [-0.39, 0.29) is 5.97 Å². The zero-order valence-corrected chi connectivity index (χ0v) is 18.3. The summed E-state index contributed by atoms with van der Waals surface area (Å²) >= 11 is 0. The van der Waals surface area contributed by atoms with Crippen LogP contribution in [0, 0.1) is 0 Å². The van der Waals surface area contributed by atoms with Gasteiger partial charge in [0.25, 0.3) is 0 Å². The third-order valence-corrected chi connectivity index (χ3v) is 5.72. The van der Waals surface area contributed by atoms with Gasteiger partial charge in [0.15, 0.2) is 12.4 Å². The van der Waals surface area contributed by atoms with Crippen LogP contribution < -0.4 is 4.57 Å². The van der Waals surface area contributed by atoms with Crippen LogP contribution in [0.25, 0.3) is 11.1 Å². The molecule has 0 fully saturated rings. The largest absolute Gasteiger partial charge is 0.461 e. The number of aryl methyl sites for hydroxylation is 1. The first-order chi connectivity index (χ1) is 15.2. The van der Waals surface area contributed by atoms with Crippen molar-refractivity contribution in [1.29, 1.82) is 0 Å². The normalized spacial score (nSPS) is 14.7. The van der Waals surface area contributed by atoms with Crippen LogP contribution in [0.2, 0.25) is 0 Å². The topological polar surface area (TPSA) is 67.3 Å². The van der Waals surface area contributed by atoms with E-state index in [1.165, 1.54) is 0 Å². The Kier molecular flexibility index (Phi) is 6.90. The van der Waals surface area contributed by atoms with E-state index in [0.717, 1.165) is 41.0 Å². The van der Waals surface area contributed by atoms with Crippen LogP contribution >= 0.6 is 8.07 Å². The lowest BCUT2D eigenvalue weighted by Crippen LogP contribution is -2.32. The zero-order chi connectivity index (χ0) is 21.5. The van der Waals surface area contributed by atoms with Gasteiger partial charge in [-0.05, 0) is 35.5 Å². The molecule has 0 bridgehead atoms. The lowest BCUT2D eigenvalue weighted by atomic mass is 10.1. The van der Waals surface area contributed by atoms with Gasteiger partial charge in [0.1, 0.15) is 18.8 Å². The quantitative estimate of drug-likeness (QED) is 0.264. The lowest BCUT2D eigenvalue weighted by molar-refractivity contribution is -0.697. The number of esters is 1. The minimum atomic E-state index is -0.628. The molecule has 1 unspecified atom stereocenters. The molecule has 7 heteroatoms. The maximum atomic E-state index is 12.0. The summed E-state index contributed by atoms with van der Waals surface area (Å²) in [6, 6.07) is 19.9. The van der Waals surface area contributed by atoms with Gasteiger partial charge >= 0.3 is 5.97 Å². The molecule has 4 rings (SSSR count). The van der Waals surface area contributed by atoms with Crippen molar-refractivity contribution in [3.05, 3.63) is 78.6 Å². The average Bonchev–Trinajstić information content (AvgIpc) is 3.00. The molecule has 1 aliphatic heterocycles. The highest BCUT2D eigenvalue weighted by molar-refractivity contribution is 7.70. The highest BCUT2D eigenvalue weighted by Crippen LogP contribution is 2.41. The molecule has 1 atom stereocenters. The number of fused-ring (bicyclic) bond motifs is 1. The van der Waals surface area contributed by atoms with E-state index in [4.69, 9.17) is 4.74 Å². The average molecular weight is 431 g/mol. The van der Waals surface area contributed by atoms with Crippen molar-refractivity contribution in [2.24, 2.45) is 15.0 Å². The monoisotopic (exact) mass is 431 g/mol. The molecule has 1 aliphatic rings. The smallest absolute Gasteiger partial charge is 0.306 e. The first kappa shape index (κ1) is 21.0. The number of hydrogen-bond acceptors (Lipinski definition) is 5. The molecule has 2 aromatic carbocycles. The number of aliphatic imine (C=N–C) groups is 1. The Bertz CT molecular complexity index is 1100. The second-order valence-electron chi connectivity index (χ2n) is 7.29. The number of pyridine rings is 1. The van der Waals surface area contributed by atoms with Gasteiger partial charge in [-0.15, -0.1) is 5.11 Å². The molecular weight excluding hydrogens is 407 g/mol. The lowest BCUT2D eigenvalue weighted by Gasteiger charge is -2.05. The van der Waals surface area contributed by atoms with Gasteiger partial charge in [-0.3, -0.25) is 9.79 Å². The molecule has 0 saturated carbocycles. The van der Waals surface area contributed by atoms with Crippen molar-refractivity contribution in [1.82, 2.24) is 0 Å². The molecule has 0 spiro atoms. The highest BCUT2D eigenvalue weighted by atomic mass is 31.1. The minimum Gasteiger partial charge on any atom is -0.461 e. The summed E-state index contributed by atoms with van der Waals surface area (Å²) in [7, 11) is -0.628. The fourth-order valence-corrected chi connectivity index (χ4v) is 3.77. The molecular formula is C24H24N4O2P+. The molecule has 31 heavy (non-hydrogen) atoms. The number of aromatic nitrogens is 1. The summed E-state index contributed by atoms with van der Waals surface area (Å²) in [6.45, 7) is 3.11. The standard InChI is InChI=1S/C24H24N4O2P/c1-31-18-25-22-10-9-21(16-23(22)26-27-31)20-11-14-28(15-12-20)13-5-8-24(29)30-17-19-6-3-2-4-7-19/h2-4,6-7,9-12,14-16,18H,5,8,13,17H2,1H3/q+1. The number of ether oxygens (including phenoxy) is 1. The molecule has 0 saturated heterocycles. The molecule has 1 aromatic heterocycles. The number of benzene rings is 2. The van der Waals surface area contributed by atoms with Gasteiger partial charge in [0.2, 0.25) is 0 Å². The molecule has 0 aliphatic carbocycles. The molecule has 156 valence electrons. The Morgan fingerprint density at radius 3 is 2.61 bits per heavy atom. The van der Waals surface area contributed by atoms with Gasteiger partial charge in [-0.1, -0.05) is 36.4 Å². The molecule has 3 aromatic rings. The maximum Gasteiger partial charge on any atom is 0.306 e. The zero-order valence-electron chi connectivity index (χ0n) is 17.4. The third kappa shape index (κ3) is 5.89. The van der Waals surface area contributed by atoms with E-state index in [2.05, 4.69) is 37.8 Å². The van der Waals surface area contributed by atoms with Crippen molar-refractivity contribution in [3.8, 4) is 11.1 Å². The predicted octanol–water partition coefficient (Wildman–Crippen LogP) is 5.95.